The molecular formula is C11H18BF3NO2-. The summed E-state index contributed by atoms with van der Waals surface area (Å²) in [4.78, 5) is 13.0. The summed E-state index contributed by atoms with van der Waals surface area (Å²) < 4.78 is 42.9. The van der Waals surface area contributed by atoms with Crippen LogP contribution in [0, 0.1) is 0 Å². The van der Waals surface area contributed by atoms with Crippen LogP contribution in [-0.4, -0.2) is 36.7 Å². The molecule has 1 amide bonds. The average molecular weight is 264 g/mol. The Balaban J connectivity index is 2.67. The van der Waals surface area contributed by atoms with E-state index in [4.69, 9.17) is 4.74 Å². The van der Waals surface area contributed by atoms with Crippen molar-refractivity contribution in [3.8, 4) is 0 Å². The van der Waals surface area contributed by atoms with Crippen molar-refractivity contribution in [2.24, 2.45) is 0 Å². The molecule has 0 unspecified atom stereocenters. The van der Waals surface area contributed by atoms with Crippen molar-refractivity contribution in [3.63, 3.8) is 0 Å². The van der Waals surface area contributed by atoms with Gasteiger partial charge >= 0.3 is 13.1 Å². The molecule has 0 spiro atoms. The number of carbonyl (C=O) groups is 1. The lowest BCUT2D eigenvalue weighted by Gasteiger charge is -2.26. The number of amides is 1. The average Bonchev–Trinajstić information content (AvgIpc) is 2.38. The second-order valence-electron chi connectivity index (χ2n) is 5.38. The molecule has 0 saturated carbocycles. The molecule has 1 rings (SSSR count). The summed E-state index contributed by atoms with van der Waals surface area (Å²) in [5, 5.41) is 0. The van der Waals surface area contributed by atoms with Gasteiger partial charge in [0.25, 0.3) is 0 Å². The highest BCUT2D eigenvalue weighted by molar-refractivity contribution is 6.66. The molecule has 0 aromatic rings. The van der Waals surface area contributed by atoms with Gasteiger partial charge in [0.1, 0.15) is 5.60 Å². The Labute approximate surface area is 105 Å². The maximum absolute atomic E-state index is 12.6. The third-order valence-electron chi connectivity index (χ3n) is 2.54. The Morgan fingerprint density at radius 2 is 2.00 bits per heavy atom. The summed E-state index contributed by atoms with van der Waals surface area (Å²) >= 11 is 0. The first-order chi connectivity index (χ1) is 8.09. The van der Waals surface area contributed by atoms with Crippen molar-refractivity contribution < 1.29 is 22.5 Å². The van der Waals surface area contributed by atoms with E-state index in [1.165, 1.54) is 4.90 Å². The number of nitrogens with zero attached hydrogens (tertiary/aromatic N) is 1. The third-order valence-corrected chi connectivity index (χ3v) is 2.54. The van der Waals surface area contributed by atoms with Gasteiger partial charge in [-0.15, -0.1) is 5.47 Å². The Bertz CT molecular complexity index is 347. The van der Waals surface area contributed by atoms with E-state index < -0.39 is 24.1 Å². The zero-order chi connectivity index (χ0) is 14.0. The minimum atomic E-state index is -4.94. The van der Waals surface area contributed by atoms with Crippen molar-refractivity contribution >= 4 is 13.1 Å². The Kier molecular flexibility index (Phi) is 4.34. The molecular weight excluding hydrogens is 246 g/mol. The maximum Gasteiger partial charge on any atom is 0.505 e. The molecule has 0 atom stereocenters. The monoisotopic (exact) mass is 264 g/mol. The summed E-state index contributed by atoms with van der Waals surface area (Å²) in [7, 11) is 0. The first-order valence-electron chi connectivity index (χ1n) is 5.96. The molecule has 7 heteroatoms. The molecule has 0 radical (unpaired) electrons. The molecule has 18 heavy (non-hydrogen) atoms. The minimum absolute atomic E-state index is 0.0250. The smallest absolute Gasteiger partial charge is 0.445 e. The van der Waals surface area contributed by atoms with Crippen molar-refractivity contribution in [1.29, 1.82) is 0 Å². The van der Waals surface area contributed by atoms with E-state index in [0.717, 1.165) is 6.08 Å². The summed E-state index contributed by atoms with van der Waals surface area (Å²) in [5.41, 5.74) is -1.13. The highest BCUT2D eigenvalue weighted by Crippen LogP contribution is 2.26. The fraction of sp³-hybridized carbons (Fsp3) is 0.727. The van der Waals surface area contributed by atoms with Gasteiger partial charge in [-0.25, -0.2) is 4.79 Å². The van der Waals surface area contributed by atoms with E-state index in [1.54, 1.807) is 20.8 Å². The highest BCUT2D eigenvalue weighted by atomic mass is 19.4. The Hall–Kier alpha value is -1.14. The molecule has 0 saturated heterocycles. The molecule has 1 heterocycles. The summed E-state index contributed by atoms with van der Waals surface area (Å²) in [6, 6.07) is 0. The van der Waals surface area contributed by atoms with Crippen LogP contribution in [0.4, 0.5) is 17.7 Å². The van der Waals surface area contributed by atoms with Gasteiger partial charge in [-0.05, 0) is 27.2 Å². The topological polar surface area (TPSA) is 29.5 Å². The lowest BCUT2D eigenvalue weighted by atomic mass is 9.76. The molecule has 0 N–H and O–H groups in total. The molecule has 3 nitrogen and oxygen atoms in total. The van der Waals surface area contributed by atoms with Crippen molar-refractivity contribution in [3.05, 3.63) is 11.5 Å². The predicted molar refractivity (Wildman–Crippen MR) is 64.2 cm³/mol. The van der Waals surface area contributed by atoms with E-state index >= 15 is 0 Å². The van der Waals surface area contributed by atoms with Crippen LogP contribution in [0.5, 0.6) is 0 Å². The quantitative estimate of drug-likeness (QED) is 0.680. The van der Waals surface area contributed by atoms with Gasteiger partial charge in [0.05, 0.1) is 0 Å². The van der Waals surface area contributed by atoms with Crippen LogP contribution in [-0.2, 0) is 4.74 Å². The van der Waals surface area contributed by atoms with Crippen molar-refractivity contribution in [1.82, 2.24) is 4.90 Å². The van der Waals surface area contributed by atoms with E-state index in [2.05, 4.69) is 0 Å². The predicted octanol–water partition coefficient (Wildman–Crippen LogP) is 3.33. The van der Waals surface area contributed by atoms with Crippen molar-refractivity contribution in [2.75, 3.05) is 13.1 Å². The van der Waals surface area contributed by atoms with Gasteiger partial charge < -0.3 is 22.6 Å². The maximum atomic E-state index is 12.6. The molecule has 0 aromatic carbocycles. The van der Waals surface area contributed by atoms with Crippen LogP contribution in [0.1, 0.15) is 33.6 Å². The van der Waals surface area contributed by atoms with Crippen LogP contribution in [0.3, 0.4) is 0 Å². The SMILES string of the molecule is CC(C)(C)OC(=O)N1CC=C([B-](F)(F)F)CCC1. The first-order valence-corrected chi connectivity index (χ1v) is 5.96. The van der Waals surface area contributed by atoms with Crippen LogP contribution in [0.25, 0.3) is 0 Å². The van der Waals surface area contributed by atoms with Crippen LogP contribution >= 0.6 is 0 Å². The second-order valence-corrected chi connectivity index (χ2v) is 5.38. The number of allylic oxidation sites excluding steroid dienone is 1. The molecule has 0 aromatic heterocycles. The normalized spacial score (nSPS) is 18.1. The zero-order valence-electron chi connectivity index (χ0n) is 10.9. The number of ether oxygens (including phenoxy) is 1. The molecule has 0 bridgehead atoms. The number of hydrogen-bond donors (Lipinski definition) is 0. The van der Waals surface area contributed by atoms with Gasteiger partial charge in [-0.3, -0.25) is 0 Å². The Morgan fingerprint density at radius 3 is 2.50 bits per heavy atom. The molecule has 1 aliphatic rings. The molecule has 104 valence electrons. The number of halogens is 3. The van der Waals surface area contributed by atoms with Crippen LogP contribution in [0.2, 0.25) is 0 Å². The van der Waals surface area contributed by atoms with Gasteiger partial charge in [0, 0.05) is 13.1 Å². The number of carbonyl (C=O) groups excluding carboxylic acids is 1. The number of hydrogen-bond acceptors (Lipinski definition) is 2. The summed E-state index contributed by atoms with van der Waals surface area (Å²) in [6.45, 7) is 0.493. The standard InChI is InChI=1S/C11H18BF3NO2/c1-11(2,3)18-10(17)16-7-4-5-9(6-8-16)12(13,14)15/h6H,4-5,7-8H2,1-3H3/q-1. The van der Waals surface area contributed by atoms with Crippen LogP contribution < -0.4 is 0 Å². The largest absolute Gasteiger partial charge is 0.505 e. The van der Waals surface area contributed by atoms with Crippen LogP contribution in [0.15, 0.2) is 11.5 Å². The zero-order valence-corrected chi connectivity index (χ0v) is 10.9. The van der Waals surface area contributed by atoms with E-state index in [0.29, 0.717) is 13.0 Å². The van der Waals surface area contributed by atoms with Gasteiger partial charge in [0.2, 0.25) is 0 Å². The summed E-state index contributed by atoms with van der Waals surface area (Å²) in [6.07, 6.45) is 0.821. The lowest BCUT2D eigenvalue weighted by molar-refractivity contribution is 0.0273. The number of rotatable bonds is 1. The molecule has 1 aliphatic heterocycles. The third kappa shape index (κ3) is 4.62. The first kappa shape index (κ1) is 14.9. The fourth-order valence-electron chi connectivity index (χ4n) is 1.68. The molecule has 0 aliphatic carbocycles. The van der Waals surface area contributed by atoms with E-state index in [1.807, 2.05) is 0 Å². The fourth-order valence-corrected chi connectivity index (χ4v) is 1.68. The van der Waals surface area contributed by atoms with Gasteiger partial charge in [-0.2, -0.15) is 0 Å². The van der Waals surface area contributed by atoms with Gasteiger partial charge in [0.15, 0.2) is 0 Å². The van der Waals surface area contributed by atoms with E-state index in [-0.39, 0.29) is 13.0 Å². The van der Waals surface area contributed by atoms with Gasteiger partial charge in [-0.1, -0.05) is 12.5 Å². The van der Waals surface area contributed by atoms with E-state index in [9.17, 15) is 17.7 Å². The van der Waals surface area contributed by atoms with Crippen molar-refractivity contribution in [2.45, 2.75) is 39.2 Å². The lowest BCUT2D eigenvalue weighted by Crippen LogP contribution is -2.37. The minimum Gasteiger partial charge on any atom is -0.445 e. The second kappa shape index (κ2) is 5.24. The summed E-state index contributed by atoms with van der Waals surface area (Å²) in [5.74, 6) is 0. The highest BCUT2D eigenvalue weighted by Gasteiger charge is 2.30. The Morgan fingerprint density at radius 1 is 1.39 bits per heavy atom. The molecule has 0 fully saturated rings.